The Bertz CT molecular complexity index is 396. The fraction of sp³-hybridized carbons (Fsp3) is 0.625. The van der Waals surface area contributed by atoms with Crippen molar-refractivity contribution in [2.24, 2.45) is 0 Å². The molecule has 0 atom stereocenters. The van der Waals surface area contributed by atoms with Crippen molar-refractivity contribution >= 4 is 0 Å². The first kappa shape index (κ1) is 13.6. The third-order valence-electron chi connectivity index (χ3n) is 3.85. The number of rotatable bonds is 4. The van der Waals surface area contributed by atoms with E-state index in [0.29, 0.717) is 5.92 Å². The van der Waals surface area contributed by atoms with Crippen molar-refractivity contribution in [2.45, 2.75) is 32.7 Å². The van der Waals surface area contributed by atoms with Gasteiger partial charge < -0.3 is 4.90 Å². The van der Waals surface area contributed by atoms with Crippen LogP contribution in [0.3, 0.4) is 0 Å². The molecule has 0 saturated heterocycles. The van der Waals surface area contributed by atoms with Gasteiger partial charge in [0.25, 0.3) is 0 Å². The second-order valence-corrected chi connectivity index (χ2v) is 6.01. The minimum absolute atomic E-state index is 0.632. The standard InChI is InChI=1S/C16H26N2/c1-13(2)15-6-5-14-7-8-18(10-9-17(3)4)12-16(14)11-15/h5-6,11,13H,7-10,12H2,1-4H3. The molecule has 1 aromatic rings. The monoisotopic (exact) mass is 246 g/mol. The average Bonchev–Trinajstić information content (AvgIpc) is 2.35. The van der Waals surface area contributed by atoms with Crippen LogP contribution in [0.1, 0.15) is 36.5 Å². The topological polar surface area (TPSA) is 6.48 Å². The minimum Gasteiger partial charge on any atom is -0.308 e. The Morgan fingerprint density at radius 1 is 1.22 bits per heavy atom. The maximum Gasteiger partial charge on any atom is 0.0237 e. The van der Waals surface area contributed by atoms with Gasteiger partial charge in [0.05, 0.1) is 0 Å². The highest BCUT2D eigenvalue weighted by Gasteiger charge is 2.16. The van der Waals surface area contributed by atoms with Gasteiger partial charge >= 0.3 is 0 Å². The molecule has 18 heavy (non-hydrogen) atoms. The van der Waals surface area contributed by atoms with E-state index in [9.17, 15) is 0 Å². The van der Waals surface area contributed by atoms with E-state index in [4.69, 9.17) is 0 Å². The molecular formula is C16H26N2. The number of hydrogen-bond acceptors (Lipinski definition) is 2. The Morgan fingerprint density at radius 2 is 2.00 bits per heavy atom. The van der Waals surface area contributed by atoms with Crippen LogP contribution in [-0.2, 0) is 13.0 Å². The largest absolute Gasteiger partial charge is 0.308 e. The van der Waals surface area contributed by atoms with Crippen molar-refractivity contribution < 1.29 is 0 Å². The summed E-state index contributed by atoms with van der Waals surface area (Å²) in [5.41, 5.74) is 4.58. The summed E-state index contributed by atoms with van der Waals surface area (Å²) in [6.45, 7) is 9.21. The third kappa shape index (κ3) is 3.33. The Hall–Kier alpha value is -0.860. The van der Waals surface area contributed by atoms with Crippen LogP contribution in [0.5, 0.6) is 0 Å². The van der Waals surface area contributed by atoms with Gasteiger partial charge in [0.15, 0.2) is 0 Å². The van der Waals surface area contributed by atoms with E-state index in [2.05, 4.69) is 55.9 Å². The first-order chi connectivity index (χ1) is 8.56. The highest BCUT2D eigenvalue weighted by molar-refractivity contribution is 5.35. The molecule has 0 N–H and O–H groups in total. The molecule has 1 heterocycles. The van der Waals surface area contributed by atoms with Gasteiger partial charge in [0.1, 0.15) is 0 Å². The predicted octanol–water partition coefficient (Wildman–Crippen LogP) is 2.73. The molecule has 2 nitrogen and oxygen atoms in total. The Morgan fingerprint density at radius 3 is 2.67 bits per heavy atom. The number of fused-ring (bicyclic) bond motifs is 1. The quantitative estimate of drug-likeness (QED) is 0.806. The highest BCUT2D eigenvalue weighted by atomic mass is 15.2. The summed E-state index contributed by atoms with van der Waals surface area (Å²) in [6, 6.07) is 7.06. The van der Waals surface area contributed by atoms with Crippen LogP contribution >= 0.6 is 0 Å². The molecule has 0 aromatic heterocycles. The third-order valence-corrected chi connectivity index (χ3v) is 3.85. The molecule has 2 heteroatoms. The van der Waals surface area contributed by atoms with Crippen LogP contribution in [0.15, 0.2) is 18.2 Å². The number of benzene rings is 1. The predicted molar refractivity (Wildman–Crippen MR) is 78.1 cm³/mol. The van der Waals surface area contributed by atoms with E-state index >= 15 is 0 Å². The van der Waals surface area contributed by atoms with Crippen molar-refractivity contribution in [2.75, 3.05) is 33.7 Å². The Labute approximate surface area is 112 Å². The summed E-state index contributed by atoms with van der Waals surface area (Å²) >= 11 is 0. The molecule has 0 amide bonds. The highest BCUT2D eigenvalue weighted by Crippen LogP contribution is 2.23. The van der Waals surface area contributed by atoms with E-state index in [-0.39, 0.29) is 0 Å². The first-order valence-corrected chi connectivity index (χ1v) is 7.05. The Balaban J connectivity index is 2.05. The lowest BCUT2D eigenvalue weighted by molar-refractivity contribution is 0.225. The van der Waals surface area contributed by atoms with E-state index in [1.54, 1.807) is 11.1 Å². The zero-order valence-corrected chi connectivity index (χ0v) is 12.2. The molecule has 0 unspecified atom stereocenters. The zero-order valence-electron chi connectivity index (χ0n) is 12.2. The summed E-state index contributed by atoms with van der Waals surface area (Å²) in [6.07, 6.45) is 1.21. The average molecular weight is 246 g/mol. The molecule has 0 saturated carbocycles. The summed E-state index contributed by atoms with van der Waals surface area (Å²) in [4.78, 5) is 4.84. The maximum absolute atomic E-state index is 2.58. The van der Waals surface area contributed by atoms with Gasteiger partial charge in [0, 0.05) is 26.2 Å². The van der Waals surface area contributed by atoms with E-state index in [1.165, 1.54) is 25.1 Å². The van der Waals surface area contributed by atoms with E-state index < -0.39 is 0 Å². The van der Waals surface area contributed by atoms with Gasteiger partial charge in [-0.3, -0.25) is 4.90 Å². The molecule has 100 valence electrons. The second-order valence-electron chi connectivity index (χ2n) is 6.01. The first-order valence-electron chi connectivity index (χ1n) is 7.05. The van der Waals surface area contributed by atoms with Crippen LogP contribution in [0.4, 0.5) is 0 Å². The second kappa shape index (κ2) is 5.85. The Kier molecular flexibility index (Phi) is 4.41. The summed E-state index contributed by atoms with van der Waals surface area (Å²) in [5, 5.41) is 0. The van der Waals surface area contributed by atoms with Gasteiger partial charge in [-0.1, -0.05) is 32.0 Å². The molecular weight excluding hydrogens is 220 g/mol. The molecule has 0 radical (unpaired) electrons. The molecule has 2 rings (SSSR count). The summed E-state index contributed by atoms with van der Waals surface area (Å²) < 4.78 is 0. The fourth-order valence-corrected chi connectivity index (χ4v) is 2.53. The van der Waals surface area contributed by atoms with Gasteiger partial charge in [-0.15, -0.1) is 0 Å². The van der Waals surface area contributed by atoms with Gasteiger partial charge in [-0.2, -0.15) is 0 Å². The van der Waals surface area contributed by atoms with Crippen LogP contribution in [0.2, 0.25) is 0 Å². The van der Waals surface area contributed by atoms with Crippen molar-refractivity contribution in [3.8, 4) is 0 Å². The molecule has 1 aliphatic rings. The molecule has 0 aliphatic carbocycles. The van der Waals surface area contributed by atoms with Crippen LogP contribution in [0, 0.1) is 0 Å². The molecule has 0 bridgehead atoms. The molecule has 1 aromatic carbocycles. The molecule has 0 fully saturated rings. The van der Waals surface area contributed by atoms with Gasteiger partial charge in [0.2, 0.25) is 0 Å². The normalized spacial score (nSPS) is 16.3. The zero-order chi connectivity index (χ0) is 13.1. The molecule has 0 spiro atoms. The number of hydrogen-bond donors (Lipinski definition) is 0. The van der Waals surface area contributed by atoms with Gasteiger partial charge in [-0.25, -0.2) is 0 Å². The lowest BCUT2D eigenvalue weighted by atomic mass is 9.93. The smallest absolute Gasteiger partial charge is 0.0237 e. The van der Waals surface area contributed by atoms with Gasteiger partial charge in [-0.05, 0) is 43.1 Å². The summed E-state index contributed by atoms with van der Waals surface area (Å²) in [5.74, 6) is 0.632. The number of likely N-dealkylation sites (N-methyl/N-ethyl adjacent to an activating group) is 1. The van der Waals surface area contributed by atoms with Crippen molar-refractivity contribution in [3.05, 3.63) is 34.9 Å². The fourth-order valence-electron chi connectivity index (χ4n) is 2.53. The molecule has 1 aliphatic heterocycles. The summed E-state index contributed by atoms with van der Waals surface area (Å²) in [7, 11) is 4.30. The van der Waals surface area contributed by atoms with E-state index in [0.717, 1.165) is 13.1 Å². The van der Waals surface area contributed by atoms with Crippen molar-refractivity contribution in [1.29, 1.82) is 0 Å². The van der Waals surface area contributed by atoms with Crippen LogP contribution in [-0.4, -0.2) is 43.5 Å². The lowest BCUT2D eigenvalue weighted by Gasteiger charge is -2.30. The lowest BCUT2D eigenvalue weighted by Crippen LogP contribution is -2.35. The maximum atomic E-state index is 2.58. The van der Waals surface area contributed by atoms with Crippen LogP contribution in [0.25, 0.3) is 0 Å². The van der Waals surface area contributed by atoms with Crippen molar-refractivity contribution in [1.82, 2.24) is 9.80 Å². The minimum atomic E-state index is 0.632. The van der Waals surface area contributed by atoms with Crippen molar-refractivity contribution in [3.63, 3.8) is 0 Å². The number of nitrogens with zero attached hydrogens (tertiary/aromatic N) is 2. The SMILES string of the molecule is CC(C)c1ccc2c(c1)CN(CCN(C)C)CC2. The van der Waals surface area contributed by atoms with E-state index in [1.807, 2.05) is 0 Å². The van der Waals surface area contributed by atoms with Crippen LogP contribution < -0.4 is 0 Å².